The number of hydrazine groups is 1. The zero-order valence-electron chi connectivity index (χ0n) is 7.22. The molecule has 1 aliphatic heterocycles. The molecule has 2 heteroatoms. The zero-order chi connectivity index (χ0) is 7.56. The molecule has 0 aromatic heterocycles. The second-order valence-corrected chi connectivity index (χ2v) is 3.41. The van der Waals surface area contributed by atoms with E-state index in [0.29, 0.717) is 0 Å². The van der Waals surface area contributed by atoms with Crippen molar-refractivity contribution in [3.05, 3.63) is 0 Å². The largest absolute Gasteiger partial charge is 0.258 e. The van der Waals surface area contributed by atoms with Crippen molar-refractivity contribution in [2.45, 2.75) is 32.7 Å². The number of nitrogens with zero attached hydrogens (tertiary/aromatic N) is 1. The van der Waals surface area contributed by atoms with Crippen LogP contribution in [-0.2, 0) is 0 Å². The molecule has 2 unspecified atom stereocenters. The molecule has 0 spiro atoms. The fourth-order valence-electron chi connectivity index (χ4n) is 1.60. The van der Waals surface area contributed by atoms with Crippen molar-refractivity contribution in [1.82, 2.24) is 10.4 Å². The van der Waals surface area contributed by atoms with Crippen LogP contribution in [0.5, 0.6) is 0 Å². The van der Waals surface area contributed by atoms with Crippen molar-refractivity contribution < 1.29 is 0 Å². The molecule has 0 bridgehead atoms. The summed E-state index contributed by atoms with van der Waals surface area (Å²) in [4.78, 5) is 0. The molecule has 10 heavy (non-hydrogen) atoms. The Balaban J connectivity index is 2.38. The molecule has 0 aromatic carbocycles. The predicted octanol–water partition coefficient (Wildman–Crippen LogP) is 1.24. The van der Waals surface area contributed by atoms with Crippen LogP contribution in [0.25, 0.3) is 0 Å². The van der Waals surface area contributed by atoms with Gasteiger partial charge in [0.15, 0.2) is 0 Å². The first-order valence-electron chi connectivity index (χ1n) is 4.18. The predicted molar refractivity (Wildman–Crippen MR) is 43.6 cm³/mol. The standard InChI is InChI=1S/C8H18N2/c1-7-4-5-8(2)10(6-7)9-3/h7-9H,4-6H2,1-3H3. The van der Waals surface area contributed by atoms with E-state index in [1.165, 1.54) is 19.4 Å². The Kier molecular flexibility index (Phi) is 2.69. The van der Waals surface area contributed by atoms with Crippen molar-refractivity contribution in [2.24, 2.45) is 5.92 Å². The number of rotatable bonds is 1. The second-order valence-electron chi connectivity index (χ2n) is 3.41. The minimum absolute atomic E-state index is 0.723. The highest BCUT2D eigenvalue weighted by molar-refractivity contribution is 4.73. The van der Waals surface area contributed by atoms with Gasteiger partial charge in [-0.2, -0.15) is 0 Å². The van der Waals surface area contributed by atoms with Crippen molar-refractivity contribution in [3.8, 4) is 0 Å². The molecule has 2 nitrogen and oxygen atoms in total. The SMILES string of the molecule is CNN1CC(C)CCC1C. The van der Waals surface area contributed by atoms with E-state index in [9.17, 15) is 0 Å². The van der Waals surface area contributed by atoms with Gasteiger partial charge in [-0.15, -0.1) is 0 Å². The Bertz CT molecular complexity index is 103. The van der Waals surface area contributed by atoms with Crippen molar-refractivity contribution in [1.29, 1.82) is 0 Å². The van der Waals surface area contributed by atoms with E-state index in [4.69, 9.17) is 0 Å². The summed E-state index contributed by atoms with van der Waals surface area (Å²) in [7, 11) is 2.01. The molecule has 1 rings (SSSR count). The molecule has 60 valence electrons. The topological polar surface area (TPSA) is 15.3 Å². The van der Waals surface area contributed by atoms with Crippen molar-refractivity contribution in [2.75, 3.05) is 13.6 Å². The van der Waals surface area contributed by atoms with Crippen molar-refractivity contribution >= 4 is 0 Å². The third kappa shape index (κ3) is 1.70. The lowest BCUT2D eigenvalue weighted by Gasteiger charge is -2.35. The van der Waals surface area contributed by atoms with Crippen LogP contribution >= 0.6 is 0 Å². The first-order valence-corrected chi connectivity index (χ1v) is 4.18. The van der Waals surface area contributed by atoms with E-state index in [0.717, 1.165) is 12.0 Å². The van der Waals surface area contributed by atoms with Crippen LogP contribution in [0.15, 0.2) is 0 Å². The Labute approximate surface area is 63.6 Å². The van der Waals surface area contributed by atoms with Gasteiger partial charge in [0, 0.05) is 12.6 Å². The first kappa shape index (κ1) is 8.02. The van der Waals surface area contributed by atoms with Crippen LogP contribution in [-0.4, -0.2) is 24.6 Å². The Hall–Kier alpha value is -0.0800. The highest BCUT2D eigenvalue weighted by atomic mass is 15.5. The van der Waals surface area contributed by atoms with Crippen LogP contribution < -0.4 is 5.43 Å². The Morgan fingerprint density at radius 1 is 1.30 bits per heavy atom. The average Bonchev–Trinajstić information content (AvgIpc) is 1.94. The average molecular weight is 142 g/mol. The van der Waals surface area contributed by atoms with Gasteiger partial charge in [-0.05, 0) is 32.7 Å². The summed E-state index contributed by atoms with van der Waals surface area (Å²) in [5.41, 5.74) is 3.22. The van der Waals surface area contributed by atoms with Gasteiger partial charge in [0.1, 0.15) is 0 Å². The third-order valence-electron chi connectivity index (χ3n) is 2.40. The van der Waals surface area contributed by atoms with Crippen LogP contribution in [0.3, 0.4) is 0 Å². The quantitative estimate of drug-likeness (QED) is 0.592. The summed E-state index contributed by atoms with van der Waals surface area (Å²) in [6.45, 7) is 5.80. The molecule has 1 heterocycles. The zero-order valence-corrected chi connectivity index (χ0v) is 7.22. The molecule has 0 aromatic rings. The van der Waals surface area contributed by atoms with Crippen molar-refractivity contribution in [3.63, 3.8) is 0 Å². The number of hydrogen-bond acceptors (Lipinski definition) is 2. The van der Waals surface area contributed by atoms with Crippen LogP contribution in [0.1, 0.15) is 26.7 Å². The van der Waals surface area contributed by atoms with Gasteiger partial charge in [-0.25, -0.2) is 5.01 Å². The van der Waals surface area contributed by atoms with Gasteiger partial charge in [0.05, 0.1) is 0 Å². The maximum atomic E-state index is 3.22. The summed E-state index contributed by atoms with van der Waals surface area (Å²) in [5.74, 6) is 0.864. The fraction of sp³-hybridized carbons (Fsp3) is 1.00. The van der Waals surface area contributed by atoms with Gasteiger partial charge in [0.25, 0.3) is 0 Å². The Morgan fingerprint density at radius 3 is 2.50 bits per heavy atom. The third-order valence-corrected chi connectivity index (χ3v) is 2.40. The molecular formula is C8H18N2. The fourth-order valence-corrected chi connectivity index (χ4v) is 1.60. The summed E-state index contributed by atoms with van der Waals surface area (Å²) >= 11 is 0. The van der Waals surface area contributed by atoms with Crippen LogP contribution in [0.4, 0.5) is 0 Å². The summed E-state index contributed by atoms with van der Waals surface area (Å²) in [5, 5.41) is 2.33. The lowest BCUT2D eigenvalue weighted by atomic mass is 9.97. The van der Waals surface area contributed by atoms with E-state index in [1.807, 2.05) is 7.05 Å². The molecule has 1 N–H and O–H groups in total. The van der Waals surface area contributed by atoms with Gasteiger partial charge >= 0.3 is 0 Å². The molecule has 0 amide bonds. The number of piperidine rings is 1. The lowest BCUT2D eigenvalue weighted by Crippen LogP contribution is -2.47. The molecule has 1 fully saturated rings. The molecule has 0 radical (unpaired) electrons. The van der Waals surface area contributed by atoms with E-state index >= 15 is 0 Å². The van der Waals surface area contributed by atoms with E-state index in [1.54, 1.807) is 0 Å². The van der Waals surface area contributed by atoms with Gasteiger partial charge in [0.2, 0.25) is 0 Å². The molecule has 1 aliphatic rings. The normalized spacial score (nSPS) is 36.3. The van der Waals surface area contributed by atoms with Gasteiger partial charge in [-0.3, -0.25) is 5.43 Å². The summed E-state index contributed by atoms with van der Waals surface area (Å²) < 4.78 is 0. The van der Waals surface area contributed by atoms with Gasteiger partial charge < -0.3 is 0 Å². The molecule has 2 atom stereocenters. The lowest BCUT2D eigenvalue weighted by molar-refractivity contribution is 0.0801. The van der Waals surface area contributed by atoms with E-state index in [-0.39, 0.29) is 0 Å². The summed E-state index contributed by atoms with van der Waals surface area (Å²) in [6, 6.07) is 0.723. The minimum Gasteiger partial charge on any atom is -0.258 e. The summed E-state index contributed by atoms with van der Waals surface area (Å²) in [6.07, 6.45) is 2.72. The monoisotopic (exact) mass is 142 g/mol. The first-order chi connectivity index (χ1) is 4.74. The van der Waals surface area contributed by atoms with Crippen LogP contribution in [0.2, 0.25) is 0 Å². The van der Waals surface area contributed by atoms with Crippen LogP contribution in [0, 0.1) is 5.92 Å². The highest BCUT2D eigenvalue weighted by Gasteiger charge is 2.20. The van der Waals surface area contributed by atoms with E-state index < -0.39 is 0 Å². The molecule has 0 saturated carbocycles. The molecule has 0 aliphatic carbocycles. The minimum atomic E-state index is 0.723. The molecule has 1 saturated heterocycles. The highest BCUT2D eigenvalue weighted by Crippen LogP contribution is 2.18. The Morgan fingerprint density at radius 2 is 2.00 bits per heavy atom. The molecular weight excluding hydrogens is 124 g/mol. The smallest absolute Gasteiger partial charge is 0.0215 e. The number of hydrogen-bond donors (Lipinski definition) is 1. The maximum absolute atomic E-state index is 3.22. The second kappa shape index (κ2) is 3.35. The maximum Gasteiger partial charge on any atom is 0.0215 e. The van der Waals surface area contributed by atoms with Gasteiger partial charge in [-0.1, -0.05) is 6.92 Å². The van der Waals surface area contributed by atoms with E-state index in [2.05, 4.69) is 24.3 Å². The number of nitrogens with one attached hydrogen (secondary N) is 1.